The van der Waals surface area contributed by atoms with Crippen LogP contribution in [0, 0.1) is 0 Å². The van der Waals surface area contributed by atoms with Crippen LogP contribution in [0.2, 0.25) is 0 Å². The van der Waals surface area contributed by atoms with Gasteiger partial charge in [-0.05, 0) is 43.0 Å². The van der Waals surface area contributed by atoms with E-state index in [9.17, 15) is 14.7 Å². The van der Waals surface area contributed by atoms with Gasteiger partial charge >= 0.3 is 0 Å². The zero-order chi connectivity index (χ0) is 21.5. The largest absolute Gasteiger partial charge is 0.508 e. The van der Waals surface area contributed by atoms with Gasteiger partial charge in [0, 0.05) is 18.4 Å². The lowest BCUT2D eigenvalue weighted by molar-refractivity contribution is -0.130. The highest BCUT2D eigenvalue weighted by Gasteiger charge is 2.37. The van der Waals surface area contributed by atoms with Crippen molar-refractivity contribution in [3.8, 4) is 11.5 Å². The van der Waals surface area contributed by atoms with Crippen LogP contribution in [0.3, 0.4) is 0 Å². The van der Waals surface area contributed by atoms with Gasteiger partial charge in [-0.15, -0.1) is 0 Å². The van der Waals surface area contributed by atoms with E-state index in [2.05, 4.69) is 12.3 Å². The SMILES string of the molecule is CCCCCc1ccccc1OC1Cc2c(O)cccc2N(NC(=O)CCC)C1=O. The van der Waals surface area contributed by atoms with Crippen molar-refractivity contribution in [2.45, 2.75) is 64.9 Å². The third kappa shape index (κ3) is 4.93. The van der Waals surface area contributed by atoms with Gasteiger partial charge in [-0.2, -0.15) is 0 Å². The number of aryl methyl sites for hydroxylation is 1. The number of hydrogen-bond acceptors (Lipinski definition) is 4. The lowest BCUT2D eigenvalue weighted by atomic mass is 9.98. The van der Waals surface area contributed by atoms with Crippen LogP contribution in [0.1, 0.15) is 57.1 Å². The fourth-order valence-corrected chi connectivity index (χ4v) is 3.68. The first-order valence-electron chi connectivity index (χ1n) is 10.7. The molecule has 0 bridgehead atoms. The molecule has 0 radical (unpaired) electrons. The highest BCUT2D eigenvalue weighted by molar-refractivity contribution is 6.02. The number of fused-ring (bicyclic) bond motifs is 1. The number of amides is 2. The molecule has 0 aromatic heterocycles. The van der Waals surface area contributed by atoms with Crippen LogP contribution >= 0.6 is 0 Å². The Bertz CT molecular complexity index is 897. The van der Waals surface area contributed by atoms with E-state index in [0.29, 0.717) is 29.8 Å². The minimum atomic E-state index is -0.833. The zero-order valence-corrected chi connectivity index (χ0v) is 17.7. The minimum absolute atomic E-state index is 0.0829. The fraction of sp³-hybridized carbons (Fsp3) is 0.417. The molecule has 2 aromatic rings. The number of aromatic hydroxyl groups is 1. The van der Waals surface area contributed by atoms with E-state index in [1.165, 1.54) is 5.01 Å². The van der Waals surface area contributed by atoms with Crippen LogP contribution in [-0.4, -0.2) is 23.0 Å². The van der Waals surface area contributed by atoms with Crippen molar-refractivity contribution >= 4 is 17.5 Å². The van der Waals surface area contributed by atoms with Crippen LogP contribution < -0.4 is 15.2 Å². The van der Waals surface area contributed by atoms with Crippen molar-refractivity contribution in [3.05, 3.63) is 53.6 Å². The molecule has 6 nitrogen and oxygen atoms in total. The maximum absolute atomic E-state index is 13.2. The van der Waals surface area contributed by atoms with Crippen molar-refractivity contribution in [2.24, 2.45) is 0 Å². The number of ether oxygens (including phenoxy) is 1. The molecule has 3 rings (SSSR count). The number of hydrazine groups is 1. The molecule has 30 heavy (non-hydrogen) atoms. The van der Waals surface area contributed by atoms with Crippen LogP contribution in [0.5, 0.6) is 11.5 Å². The molecule has 2 aromatic carbocycles. The van der Waals surface area contributed by atoms with Gasteiger partial charge in [0.15, 0.2) is 6.10 Å². The van der Waals surface area contributed by atoms with E-state index in [-0.39, 0.29) is 24.0 Å². The number of carbonyl (C=O) groups is 2. The number of nitrogens with zero attached hydrogens (tertiary/aromatic N) is 1. The molecule has 1 unspecified atom stereocenters. The molecule has 0 aliphatic carbocycles. The highest BCUT2D eigenvalue weighted by atomic mass is 16.5. The summed E-state index contributed by atoms with van der Waals surface area (Å²) in [7, 11) is 0. The summed E-state index contributed by atoms with van der Waals surface area (Å²) in [6.07, 6.45) is 4.59. The third-order valence-electron chi connectivity index (χ3n) is 5.26. The van der Waals surface area contributed by atoms with Gasteiger partial charge in [-0.3, -0.25) is 15.0 Å². The average Bonchev–Trinajstić information content (AvgIpc) is 2.73. The first kappa shape index (κ1) is 21.7. The van der Waals surface area contributed by atoms with E-state index in [4.69, 9.17) is 4.74 Å². The first-order valence-corrected chi connectivity index (χ1v) is 10.7. The molecular weight excluding hydrogens is 380 g/mol. The highest BCUT2D eigenvalue weighted by Crippen LogP contribution is 2.35. The minimum Gasteiger partial charge on any atom is -0.508 e. The number of benzene rings is 2. The Labute approximate surface area is 177 Å². The molecule has 0 spiro atoms. The maximum atomic E-state index is 13.2. The number of nitrogens with one attached hydrogen (secondary N) is 1. The molecule has 160 valence electrons. The number of rotatable bonds is 9. The molecule has 1 heterocycles. The lowest BCUT2D eigenvalue weighted by Crippen LogP contribution is -2.55. The van der Waals surface area contributed by atoms with Gasteiger partial charge in [0.25, 0.3) is 5.91 Å². The van der Waals surface area contributed by atoms with Gasteiger partial charge in [-0.25, -0.2) is 5.01 Å². The number of para-hydroxylation sites is 1. The number of anilines is 1. The molecule has 1 atom stereocenters. The predicted octanol–water partition coefficient (Wildman–Crippen LogP) is 4.29. The quantitative estimate of drug-likeness (QED) is 0.605. The summed E-state index contributed by atoms with van der Waals surface area (Å²) >= 11 is 0. The number of phenolic OH excluding ortho intramolecular Hbond substituents is 1. The Morgan fingerprint density at radius 1 is 1.13 bits per heavy atom. The molecule has 2 amide bonds. The summed E-state index contributed by atoms with van der Waals surface area (Å²) in [5.74, 6) is 0.159. The zero-order valence-electron chi connectivity index (χ0n) is 17.7. The summed E-state index contributed by atoms with van der Waals surface area (Å²) in [4.78, 5) is 25.4. The van der Waals surface area contributed by atoms with E-state index >= 15 is 0 Å². The average molecular weight is 411 g/mol. The molecule has 6 heteroatoms. The molecular formula is C24H30N2O4. The monoisotopic (exact) mass is 410 g/mol. The van der Waals surface area contributed by atoms with Gasteiger partial charge < -0.3 is 9.84 Å². The van der Waals surface area contributed by atoms with Gasteiger partial charge in [0.05, 0.1) is 5.69 Å². The van der Waals surface area contributed by atoms with E-state index in [1.807, 2.05) is 31.2 Å². The Kier molecular flexibility index (Phi) is 7.33. The van der Waals surface area contributed by atoms with Crippen LogP contribution in [-0.2, 0) is 22.4 Å². The maximum Gasteiger partial charge on any atom is 0.287 e. The predicted molar refractivity (Wildman–Crippen MR) is 116 cm³/mol. The Morgan fingerprint density at radius 3 is 2.70 bits per heavy atom. The smallest absolute Gasteiger partial charge is 0.287 e. The second-order valence-corrected chi connectivity index (χ2v) is 7.61. The Hall–Kier alpha value is -3.02. The lowest BCUT2D eigenvalue weighted by Gasteiger charge is -2.34. The van der Waals surface area contributed by atoms with Gasteiger partial charge in [-0.1, -0.05) is 51.0 Å². The summed E-state index contributed by atoms with van der Waals surface area (Å²) in [6.45, 7) is 4.06. The Morgan fingerprint density at radius 2 is 1.93 bits per heavy atom. The number of unbranched alkanes of at least 4 members (excludes halogenated alkanes) is 2. The first-order chi connectivity index (χ1) is 14.5. The van der Waals surface area contributed by atoms with Crippen molar-refractivity contribution in [3.63, 3.8) is 0 Å². The van der Waals surface area contributed by atoms with Crippen molar-refractivity contribution in [1.82, 2.24) is 5.43 Å². The summed E-state index contributed by atoms with van der Waals surface area (Å²) in [5, 5.41) is 11.6. The number of phenols is 1. The summed E-state index contributed by atoms with van der Waals surface area (Å²) in [6, 6.07) is 12.7. The van der Waals surface area contributed by atoms with Crippen LogP contribution in [0.15, 0.2) is 42.5 Å². The second kappa shape index (κ2) is 10.1. The Balaban J connectivity index is 1.87. The molecule has 0 saturated carbocycles. The third-order valence-corrected chi connectivity index (χ3v) is 5.26. The topological polar surface area (TPSA) is 78.9 Å². The second-order valence-electron chi connectivity index (χ2n) is 7.61. The van der Waals surface area contributed by atoms with Gasteiger partial charge in [0.1, 0.15) is 11.5 Å². The molecule has 2 N–H and O–H groups in total. The van der Waals surface area contributed by atoms with Gasteiger partial charge in [0.2, 0.25) is 5.91 Å². The van der Waals surface area contributed by atoms with Crippen LogP contribution in [0.4, 0.5) is 5.69 Å². The normalized spacial score (nSPS) is 15.6. The molecule has 1 aliphatic heterocycles. The standard InChI is InChI=1S/C24H30N2O4/c1-3-5-6-11-17-12-7-8-15-21(17)30-22-16-18-19(13-9-14-20(18)27)26(24(22)29)25-23(28)10-4-2/h7-9,12-15,22,27H,3-6,10-11,16H2,1-2H3,(H,25,28). The van der Waals surface area contributed by atoms with Crippen LogP contribution in [0.25, 0.3) is 0 Å². The number of carbonyl (C=O) groups excluding carboxylic acids is 2. The van der Waals surface area contributed by atoms with Crippen molar-refractivity contribution in [1.29, 1.82) is 0 Å². The van der Waals surface area contributed by atoms with E-state index < -0.39 is 6.10 Å². The van der Waals surface area contributed by atoms with E-state index in [1.54, 1.807) is 18.2 Å². The molecule has 0 saturated heterocycles. The summed E-state index contributed by atoms with van der Waals surface area (Å²) in [5.41, 5.74) is 4.81. The molecule has 0 fully saturated rings. The fourth-order valence-electron chi connectivity index (χ4n) is 3.68. The van der Waals surface area contributed by atoms with E-state index in [0.717, 1.165) is 31.2 Å². The van der Waals surface area contributed by atoms with Crippen molar-refractivity contribution in [2.75, 3.05) is 5.01 Å². The molecule has 1 aliphatic rings. The number of hydrogen-bond donors (Lipinski definition) is 2. The summed E-state index contributed by atoms with van der Waals surface area (Å²) < 4.78 is 6.16. The van der Waals surface area contributed by atoms with Crippen molar-refractivity contribution < 1.29 is 19.4 Å².